The number of hydrogen-bond acceptors (Lipinski definition) is 2. The predicted molar refractivity (Wildman–Crippen MR) is 82.9 cm³/mol. The number of hydrogen-bond donors (Lipinski definition) is 1. The van der Waals surface area contributed by atoms with Crippen LogP contribution in [0, 0.1) is 4.77 Å². The summed E-state index contributed by atoms with van der Waals surface area (Å²) >= 11 is 8.88. The van der Waals surface area contributed by atoms with Gasteiger partial charge >= 0.3 is 0 Å². The van der Waals surface area contributed by atoms with E-state index in [4.69, 9.17) is 12.2 Å². The zero-order valence-corrected chi connectivity index (χ0v) is 12.7. The van der Waals surface area contributed by atoms with Crippen molar-refractivity contribution in [3.63, 3.8) is 0 Å². The molecule has 2 aromatic heterocycles. The summed E-state index contributed by atoms with van der Waals surface area (Å²) in [4.78, 5) is 7.31. The molecule has 0 radical (unpaired) electrons. The average molecular weight is 334 g/mol. The zero-order valence-electron chi connectivity index (χ0n) is 10.3. The zero-order chi connectivity index (χ0) is 13.4. The van der Waals surface area contributed by atoms with Crippen molar-refractivity contribution < 1.29 is 0 Å². The summed E-state index contributed by atoms with van der Waals surface area (Å²) in [5.74, 6) is 0. The van der Waals surface area contributed by atoms with Crippen molar-refractivity contribution in [3.05, 3.63) is 57.5 Å². The number of benzene rings is 1. The lowest BCUT2D eigenvalue weighted by atomic mass is 10.1. The number of aromatic nitrogens is 3. The van der Waals surface area contributed by atoms with Crippen LogP contribution in [-0.4, -0.2) is 14.5 Å². The van der Waals surface area contributed by atoms with E-state index in [1.165, 1.54) is 5.56 Å². The van der Waals surface area contributed by atoms with Crippen molar-refractivity contribution in [2.75, 3.05) is 0 Å². The Morgan fingerprint density at radius 1 is 1.26 bits per heavy atom. The van der Waals surface area contributed by atoms with E-state index in [0.717, 1.165) is 20.3 Å². The van der Waals surface area contributed by atoms with Crippen LogP contribution in [0.5, 0.6) is 0 Å². The molecule has 3 aromatic rings. The number of pyridine rings is 1. The van der Waals surface area contributed by atoms with Crippen LogP contribution < -0.4 is 0 Å². The van der Waals surface area contributed by atoms with E-state index in [2.05, 4.69) is 49.5 Å². The second-order valence-electron chi connectivity index (χ2n) is 4.42. The van der Waals surface area contributed by atoms with Gasteiger partial charge in [-0.1, -0.05) is 28.1 Å². The van der Waals surface area contributed by atoms with Gasteiger partial charge in [0, 0.05) is 10.7 Å². The van der Waals surface area contributed by atoms with Crippen LogP contribution in [0.1, 0.15) is 18.5 Å². The minimum atomic E-state index is 0.178. The third kappa shape index (κ3) is 2.24. The first-order valence-corrected chi connectivity index (χ1v) is 7.16. The fraction of sp³-hybridized carbons (Fsp3) is 0.143. The van der Waals surface area contributed by atoms with Crippen molar-refractivity contribution in [1.82, 2.24) is 14.5 Å². The van der Waals surface area contributed by atoms with E-state index in [1.54, 1.807) is 12.4 Å². The van der Waals surface area contributed by atoms with Gasteiger partial charge < -0.3 is 9.55 Å². The van der Waals surface area contributed by atoms with Crippen molar-refractivity contribution in [1.29, 1.82) is 0 Å². The fourth-order valence-electron chi connectivity index (χ4n) is 2.25. The SMILES string of the molecule is CC(c1ccc(Br)cc1)n1c(=S)[nH]c2cnccc21. The van der Waals surface area contributed by atoms with Gasteiger partial charge in [0.1, 0.15) is 0 Å². The predicted octanol–water partition coefficient (Wildman–Crippen LogP) is 4.47. The molecule has 1 unspecified atom stereocenters. The summed E-state index contributed by atoms with van der Waals surface area (Å²) < 4.78 is 3.92. The number of fused-ring (bicyclic) bond motifs is 1. The van der Waals surface area contributed by atoms with E-state index in [1.807, 2.05) is 18.2 Å². The van der Waals surface area contributed by atoms with Crippen molar-refractivity contribution in [2.45, 2.75) is 13.0 Å². The summed E-state index contributed by atoms with van der Waals surface area (Å²) in [6.07, 6.45) is 3.59. The molecule has 0 aliphatic heterocycles. The van der Waals surface area contributed by atoms with Gasteiger partial charge in [-0.15, -0.1) is 0 Å². The Labute approximate surface area is 124 Å². The Bertz CT molecular complexity index is 773. The Hall–Kier alpha value is -1.46. The molecule has 3 nitrogen and oxygen atoms in total. The minimum absolute atomic E-state index is 0.178. The Balaban J connectivity index is 2.16. The van der Waals surface area contributed by atoms with Gasteiger partial charge in [-0.25, -0.2) is 0 Å². The summed E-state index contributed by atoms with van der Waals surface area (Å²) in [6, 6.07) is 10.5. The number of aromatic amines is 1. The van der Waals surface area contributed by atoms with Crippen LogP contribution in [0.15, 0.2) is 47.2 Å². The van der Waals surface area contributed by atoms with Gasteiger partial charge in [-0.3, -0.25) is 4.98 Å². The normalized spacial score (nSPS) is 12.7. The third-order valence-electron chi connectivity index (χ3n) is 3.26. The van der Waals surface area contributed by atoms with E-state index < -0.39 is 0 Å². The maximum absolute atomic E-state index is 5.43. The molecule has 0 saturated heterocycles. The maximum Gasteiger partial charge on any atom is 0.178 e. The third-order valence-corrected chi connectivity index (χ3v) is 4.09. The quantitative estimate of drug-likeness (QED) is 0.702. The second-order valence-corrected chi connectivity index (χ2v) is 5.72. The molecule has 0 fully saturated rings. The lowest BCUT2D eigenvalue weighted by molar-refractivity contribution is 0.649. The monoisotopic (exact) mass is 333 g/mol. The van der Waals surface area contributed by atoms with Gasteiger partial charge in [-0.2, -0.15) is 0 Å². The van der Waals surface area contributed by atoms with Gasteiger partial charge in [0.05, 0.1) is 23.3 Å². The van der Waals surface area contributed by atoms with Crippen molar-refractivity contribution >= 4 is 39.2 Å². The molecule has 5 heteroatoms. The summed E-state index contributed by atoms with van der Waals surface area (Å²) in [5.41, 5.74) is 3.27. The number of halogens is 1. The van der Waals surface area contributed by atoms with Gasteiger partial charge in [0.15, 0.2) is 4.77 Å². The fourth-order valence-corrected chi connectivity index (χ4v) is 2.88. The van der Waals surface area contributed by atoms with Crippen LogP contribution >= 0.6 is 28.1 Å². The number of nitrogens with zero attached hydrogens (tertiary/aromatic N) is 2. The summed E-state index contributed by atoms with van der Waals surface area (Å²) in [7, 11) is 0. The molecule has 1 N–H and O–H groups in total. The lowest BCUT2D eigenvalue weighted by Crippen LogP contribution is -2.06. The molecule has 0 aliphatic carbocycles. The molecule has 0 spiro atoms. The van der Waals surface area contributed by atoms with Crippen LogP contribution in [-0.2, 0) is 0 Å². The molecule has 1 aromatic carbocycles. The standard InChI is InChI=1S/C14H12BrN3S/c1-9(10-2-4-11(15)5-3-10)18-13-6-7-16-8-12(13)17-14(18)19/h2-9H,1H3,(H,17,19). The highest BCUT2D eigenvalue weighted by Gasteiger charge is 2.12. The van der Waals surface area contributed by atoms with E-state index in [9.17, 15) is 0 Å². The molecule has 2 heterocycles. The first kappa shape index (κ1) is 12.6. The molecular formula is C14H12BrN3S. The lowest BCUT2D eigenvalue weighted by Gasteiger charge is -2.15. The van der Waals surface area contributed by atoms with Gasteiger partial charge in [0.25, 0.3) is 0 Å². The highest BCUT2D eigenvalue weighted by atomic mass is 79.9. The summed E-state index contributed by atoms with van der Waals surface area (Å²) in [6.45, 7) is 2.15. The minimum Gasteiger partial charge on any atom is -0.329 e. The number of H-pyrrole nitrogens is 1. The highest BCUT2D eigenvalue weighted by Crippen LogP contribution is 2.24. The Morgan fingerprint density at radius 2 is 2.00 bits per heavy atom. The smallest absolute Gasteiger partial charge is 0.178 e. The van der Waals surface area contributed by atoms with E-state index in [-0.39, 0.29) is 6.04 Å². The Morgan fingerprint density at radius 3 is 2.74 bits per heavy atom. The number of nitrogens with one attached hydrogen (secondary N) is 1. The van der Waals surface area contributed by atoms with Gasteiger partial charge in [0.2, 0.25) is 0 Å². The van der Waals surface area contributed by atoms with E-state index in [0.29, 0.717) is 0 Å². The largest absolute Gasteiger partial charge is 0.329 e. The van der Waals surface area contributed by atoms with E-state index >= 15 is 0 Å². The second kappa shape index (κ2) is 4.90. The molecule has 0 amide bonds. The molecule has 96 valence electrons. The van der Waals surface area contributed by atoms with Crippen LogP contribution in [0.4, 0.5) is 0 Å². The molecule has 1 atom stereocenters. The van der Waals surface area contributed by atoms with Crippen LogP contribution in [0.3, 0.4) is 0 Å². The molecule has 0 aliphatic rings. The van der Waals surface area contributed by atoms with Crippen molar-refractivity contribution in [2.24, 2.45) is 0 Å². The van der Waals surface area contributed by atoms with Crippen molar-refractivity contribution in [3.8, 4) is 0 Å². The topological polar surface area (TPSA) is 33.6 Å². The first-order chi connectivity index (χ1) is 9.16. The summed E-state index contributed by atoms with van der Waals surface area (Å²) in [5, 5.41) is 0. The molecule has 19 heavy (non-hydrogen) atoms. The maximum atomic E-state index is 5.43. The Kier molecular flexibility index (Phi) is 3.24. The highest BCUT2D eigenvalue weighted by molar-refractivity contribution is 9.10. The van der Waals surface area contributed by atoms with Crippen LogP contribution in [0.2, 0.25) is 0 Å². The molecule has 0 bridgehead atoms. The molecule has 0 saturated carbocycles. The van der Waals surface area contributed by atoms with Crippen LogP contribution in [0.25, 0.3) is 11.0 Å². The number of rotatable bonds is 2. The van der Waals surface area contributed by atoms with Gasteiger partial charge in [-0.05, 0) is 42.9 Å². The average Bonchev–Trinajstić information content (AvgIpc) is 2.74. The first-order valence-electron chi connectivity index (χ1n) is 5.96. The molecular weight excluding hydrogens is 322 g/mol. The molecule has 3 rings (SSSR count). The number of imidazole rings is 1.